The van der Waals surface area contributed by atoms with E-state index in [1.165, 1.54) is 73.5 Å². The fourth-order valence-electron chi connectivity index (χ4n) is 11.0. The number of aliphatic carboxylic acids is 1. The van der Waals surface area contributed by atoms with Crippen molar-refractivity contribution in [1.29, 1.82) is 0 Å². The zero-order valence-corrected chi connectivity index (χ0v) is 58.9. The molecule has 0 bridgehead atoms. The number of hydrogen-bond donors (Lipinski definition) is 18. The molecule has 100 heavy (non-hydrogen) atoms. The number of carbonyl (C=O) groups excluding carboxylic acids is 9. The molecular formula is C64H98N16O18S2. The van der Waals surface area contributed by atoms with E-state index in [2.05, 4.69) is 63.5 Å². The number of carbonyl (C=O) groups is 10. The highest BCUT2D eigenvalue weighted by Crippen LogP contribution is 2.26. The first-order valence-electron chi connectivity index (χ1n) is 33.0. The second-order valence-corrected chi connectivity index (χ2v) is 27.7. The van der Waals surface area contributed by atoms with Crippen LogP contribution < -0.4 is 69.7 Å². The fourth-order valence-corrected chi connectivity index (χ4v) is 13.4. The van der Waals surface area contributed by atoms with Crippen LogP contribution in [-0.4, -0.2) is 272 Å². The van der Waals surface area contributed by atoms with E-state index in [9.17, 15) is 88.2 Å². The lowest BCUT2D eigenvalue weighted by molar-refractivity contribution is -0.142. The van der Waals surface area contributed by atoms with Crippen molar-refractivity contribution in [3.8, 4) is 11.5 Å². The molecule has 2 aliphatic rings. The quantitative estimate of drug-likeness (QED) is 0.0289. The molecule has 18 N–H and O–H groups in total. The molecule has 2 saturated heterocycles. The molecular weight excluding hydrogens is 1340 g/mol. The number of carboxylic acid groups (broad SMARTS) is 1. The van der Waals surface area contributed by atoms with Crippen LogP contribution in [-0.2, 0) is 67.3 Å². The maximum atomic E-state index is 14.8. The van der Waals surface area contributed by atoms with Crippen molar-refractivity contribution < 1.29 is 78.6 Å². The summed E-state index contributed by atoms with van der Waals surface area (Å²) in [7, 11) is 5.72. The summed E-state index contributed by atoms with van der Waals surface area (Å²) < 4.78 is 0.973. The zero-order valence-electron chi connectivity index (χ0n) is 57.2. The molecule has 2 fully saturated rings. The smallest absolute Gasteiger partial charge is 0.328 e. The summed E-state index contributed by atoms with van der Waals surface area (Å²) in [5.41, 5.74) is -0.568. The Bertz CT molecular complexity index is 3340. The number of likely N-dealkylation sites (tertiary alicyclic amines) is 1. The summed E-state index contributed by atoms with van der Waals surface area (Å²) in [6, 6.07) is 0.302. The Morgan fingerprint density at radius 3 is 1.95 bits per heavy atom. The molecule has 3 aromatic rings. The molecule has 2 aliphatic heterocycles. The highest BCUT2D eigenvalue weighted by molar-refractivity contribution is 8.76. The van der Waals surface area contributed by atoms with Crippen molar-refractivity contribution >= 4 is 80.7 Å². The molecule has 2 aromatic carbocycles. The third kappa shape index (κ3) is 27.7. The molecule has 9 amide bonds. The third-order valence-electron chi connectivity index (χ3n) is 16.3. The Hall–Kier alpha value is -8.20. The van der Waals surface area contributed by atoms with Gasteiger partial charge in [0.05, 0.1) is 50.3 Å². The first-order chi connectivity index (χ1) is 47.4. The maximum absolute atomic E-state index is 14.8. The molecule has 11 atom stereocenters. The molecule has 5 rings (SSSR count). The van der Waals surface area contributed by atoms with Gasteiger partial charge < -0.3 is 88.7 Å². The highest BCUT2D eigenvalue weighted by Gasteiger charge is 2.41. The van der Waals surface area contributed by atoms with Crippen molar-refractivity contribution in [1.82, 2.24) is 82.7 Å². The van der Waals surface area contributed by atoms with Gasteiger partial charge in [0.15, 0.2) is 0 Å². The van der Waals surface area contributed by atoms with Crippen LogP contribution in [0.3, 0.4) is 0 Å². The van der Waals surface area contributed by atoms with E-state index in [4.69, 9.17) is 0 Å². The van der Waals surface area contributed by atoms with E-state index in [0.717, 1.165) is 31.1 Å². The van der Waals surface area contributed by atoms with Crippen LogP contribution in [0.25, 0.3) is 0 Å². The van der Waals surface area contributed by atoms with E-state index in [1.54, 1.807) is 21.0 Å². The number of carboxylic acids is 1. The Kier molecular flexibility index (Phi) is 34.2. The number of aliphatic hydroxyl groups excluding tert-OH is 3. The number of nitrogens with zero attached hydrogens (tertiary/aromatic N) is 4. The van der Waals surface area contributed by atoms with Crippen LogP contribution >= 0.6 is 21.6 Å². The molecule has 1 aromatic heterocycles. The monoisotopic (exact) mass is 1440 g/mol. The highest BCUT2D eigenvalue weighted by atomic mass is 33.1. The fraction of sp³-hybridized carbons (Fsp3) is 0.594. The number of H-pyrrole nitrogens is 1. The predicted octanol–water partition coefficient (Wildman–Crippen LogP) is -5.17. The molecule has 36 heteroatoms. The number of amides is 9. The van der Waals surface area contributed by atoms with E-state index in [-0.39, 0.29) is 92.3 Å². The summed E-state index contributed by atoms with van der Waals surface area (Å²) in [4.78, 5) is 171. The van der Waals surface area contributed by atoms with Crippen molar-refractivity contribution in [2.24, 2.45) is 5.92 Å². The van der Waals surface area contributed by atoms with Gasteiger partial charge in [-0.2, -0.15) is 0 Å². The van der Waals surface area contributed by atoms with Crippen LogP contribution in [0.2, 0.25) is 0 Å². The normalized spacial score (nSPS) is 22.1. The number of phenolic OH excluding ortho intramolecular Hbond substituents is 2. The van der Waals surface area contributed by atoms with Crippen molar-refractivity contribution in [3.05, 3.63) is 92.3 Å². The van der Waals surface area contributed by atoms with Gasteiger partial charge in [-0.3, -0.25) is 77.4 Å². The summed E-state index contributed by atoms with van der Waals surface area (Å²) in [5, 5.41) is 94.7. The van der Waals surface area contributed by atoms with E-state index < -0.39 is 157 Å². The van der Waals surface area contributed by atoms with E-state index in [0.29, 0.717) is 43.7 Å². The molecule has 2 unspecified atom stereocenters. The minimum Gasteiger partial charge on any atom is -0.508 e. The van der Waals surface area contributed by atoms with Gasteiger partial charge in [-0.25, -0.2) is 4.79 Å². The number of nitrogens with one attached hydrogen (secondary N) is 12. The van der Waals surface area contributed by atoms with Gasteiger partial charge in [0.2, 0.25) is 53.2 Å². The maximum Gasteiger partial charge on any atom is 0.328 e. The van der Waals surface area contributed by atoms with Crippen LogP contribution in [0.5, 0.6) is 11.5 Å². The lowest BCUT2D eigenvalue weighted by atomic mass is 10.0. The van der Waals surface area contributed by atoms with Crippen LogP contribution in [0.1, 0.15) is 70.1 Å². The average Bonchev–Trinajstić information content (AvgIpc) is 1.56. The predicted molar refractivity (Wildman–Crippen MR) is 371 cm³/mol. The van der Waals surface area contributed by atoms with Crippen LogP contribution in [0, 0.1) is 12.8 Å². The number of phenols is 2. The number of aliphatic hydroxyl groups is 3. The van der Waals surface area contributed by atoms with E-state index >= 15 is 0 Å². The van der Waals surface area contributed by atoms with Gasteiger partial charge in [0, 0.05) is 81.5 Å². The third-order valence-corrected chi connectivity index (χ3v) is 18.9. The molecule has 34 nitrogen and oxygen atoms in total. The minimum absolute atomic E-state index is 0.0253. The minimum atomic E-state index is -1.93. The first kappa shape index (κ1) is 82.5. The number of aromatic hydroxyl groups is 2. The number of aromatic nitrogens is 2. The van der Waals surface area contributed by atoms with Gasteiger partial charge in [-0.1, -0.05) is 59.7 Å². The SMILES string of the molecule is CNCCN(CCNC)CC(=O)NCCN(CC(=O)N[C@@H](CC(C)C)[C@@H](O)N1CCCC1C(=O)N[C@H]1CSSC[C@@H](C)NC(=O)[C@H](C(C)O)NC(=O)CN[C@@H](O)[C@H](Cc2ccc(O)cc2)NC(=O)[C@H](Cc2ccc(O)cc2)NC(=O)[C@H](CC(=O)O)NC1=O)C(=O)Cn1cc(C)c(=O)[nH]c1=O. The van der Waals surface area contributed by atoms with Crippen molar-refractivity contribution in [2.75, 3.05) is 91.0 Å². The summed E-state index contributed by atoms with van der Waals surface area (Å²) in [6.07, 6.45) is -4.53. The van der Waals surface area contributed by atoms with Crippen molar-refractivity contribution in [2.45, 2.75) is 147 Å². The lowest BCUT2D eigenvalue weighted by Gasteiger charge is -2.36. The summed E-state index contributed by atoms with van der Waals surface area (Å²) in [5.74, 6) is -9.66. The number of likely N-dealkylation sites (N-methyl/N-ethyl adjacent to an activating group) is 2. The standard InChI is InChI=1S/C64H98N16O18S2/c1-36(2)25-47(70-52(86)32-78(53(87)33-79-30-37(3)56(90)76-64(79)98)24-20-67-51(85)31-77(22-18-65-6)23-19-66-7)63(97)80-21-8-9-49(80)61(95)74-48-35-100-99-34-38(4)69-62(96)55(39(5)81)75-50(84)29-68-57(91)44(26-40-10-14-42(82)15-11-40)71-58(92)45(27-41-12-16-43(83)17-13-41)72-59(93)46(28-54(88)89)73-60(48)94/h10-17,30,36,38-39,44-49,55,57,63,65-66,68,81-83,91,97H,8-9,18-29,31-35H2,1-7H3,(H,67,85)(H,69,96)(H,70,86)(H,71,92)(H,72,93)(H,73,94)(H,74,95)(H,75,84)(H,88,89)(H,76,90,98)/t38-,39?,44+,45+,46+,47+,48+,49?,55+,57+,63-/m1/s1. The van der Waals surface area contributed by atoms with Crippen LogP contribution in [0.15, 0.2) is 64.3 Å². The van der Waals surface area contributed by atoms with Crippen molar-refractivity contribution in [3.63, 3.8) is 0 Å². The van der Waals surface area contributed by atoms with Gasteiger partial charge in [0.25, 0.3) is 5.56 Å². The summed E-state index contributed by atoms with van der Waals surface area (Å²) >= 11 is 0. The number of aryl methyl sites for hydroxylation is 1. The zero-order chi connectivity index (χ0) is 73.8. The van der Waals surface area contributed by atoms with Crippen LogP contribution in [0.4, 0.5) is 0 Å². The first-order valence-corrected chi connectivity index (χ1v) is 35.5. The Morgan fingerprint density at radius 1 is 0.730 bits per heavy atom. The number of hydrogen-bond acceptors (Lipinski definition) is 24. The number of aromatic amines is 1. The number of rotatable bonds is 29. The molecule has 3 heterocycles. The molecule has 0 saturated carbocycles. The van der Waals surface area contributed by atoms with Gasteiger partial charge in [-0.15, -0.1) is 0 Å². The molecule has 0 aliphatic carbocycles. The Morgan fingerprint density at radius 2 is 1.34 bits per heavy atom. The second-order valence-electron chi connectivity index (χ2n) is 25.2. The number of benzene rings is 2. The Labute approximate surface area is 586 Å². The van der Waals surface area contributed by atoms with Gasteiger partial charge in [-0.05, 0) is 102 Å². The van der Waals surface area contributed by atoms with Gasteiger partial charge >= 0.3 is 11.7 Å². The van der Waals surface area contributed by atoms with E-state index in [1.807, 2.05) is 18.7 Å². The molecule has 554 valence electrons. The average molecular weight is 1440 g/mol. The van der Waals surface area contributed by atoms with Gasteiger partial charge in [0.1, 0.15) is 54.7 Å². The molecule has 0 spiro atoms. The topological polar surface area (TPSA) is 489 Å². The second kappa shape index (κ2) is 41.5. The summed E-state index contributed by atoms with van der Waals surface area (Å²) in [6.45, 7) is 8.22. The molecule has 0 radical (unpaired) electrons. The lowest BCUT2D eigenvalue weighted by Crippen LogP contribution is -2.61. The largest absolute Gasteiger partial charge is 0.508 e. The Balaban J connectivity index is 1.44.